The Morgan fingerprint density at radius 3 is 2.73 bits per heavy atom. The zero-order valence-corrected chi connectivity index (χ0v) is 12.4. The van der Waals surface area contributed by atoms with Crippen LogP contribution in [0.2, 0.25) is 0 Å². The molecule has 1 saturated heterocycles. The highest BCUT2D eigenvalue weighted by molar-refractivity contribution is 5.84. The summed E-state index contributed by atoms with van der Waals surface area (Å²) in [6.07, 6.45) is 6.15. The second-order valence-electron chi connectivity index (χ2n) is 6.11. The normalized spacial score (nSPS) is 21.8. The van der Waals surface area contributed by atoms with E-state index < -0.39 is 23.1 Å². The summed E-state index contributed by atoms with van der Waals surface area (Å²) >= 11 is 0. The Morgan fingerprint density at radius 2 is 2.05 bits per heavy atom. The van der Waals surface area contributed by atoms with E-state index in [1.165, 1.54) is 23.2 Å². The predicted molar refractivity (Wildman–Crippen MR) is 76.5 cm³/mol. The van der Waals surface area contributed by atoms with Crippen molar-refractivity contribution in [2.45, 2.75) is 43.6 Å². The quantitative estimate of drug-likeness (QED) is 0.843. The lowest BCUT2D eigenvalue weighted by atomic mass is 9.83. The third-order valence-electron chi connectivity index (χ3n) is 4.56. The Hall–Kier alpha value is -1.56. The third kappa shape index (κ3) is 2.84. The maximum Gasteiger partial charge on any atom is 0.366 e. The van der Waals surface area contributed by atoms with E-state index in [-0.39, 0.29) is 13.1 Å². The first kappa shape index (κ1) is 15.3. The highest BCUT2D eigenvalue weighted by Crippen LogP contribution is 2.36. The molecule has 0 aromatic carbocycles. The van der Waals surface area contributed by atoms with Crippen molar-refractivity contribution in [3.8, 4) is 0 Å². The van der Waals surface area contributed by atoms with Crippen molar-refractivity contribution in [2.24, 2.45) is 0 Å². The summed E-state index contributed by atoms with van der Waals surface area (Å²) in [6, 6.07) is 4.20. The van der Waals surface area contributed by atoms with Crippen LogP contribution in [0.3, 0.4) is 0 Å². The lowest BCUT2D eigenvalue weighted by Crippen LogP contribution is -2.57. The second kappa shape index (κ2) is 5.91. The van der Waals surface area contributed by atoms with Gasteiger partial charge in [-0.1, -0.05) is 25.3 Å². The third-order valence-corrected chi connectivity index (χ3v) is 4.56. The van der Waals surface area contributed by atoms with Crippen LogP contribution in [0.1, 0.15) is 37.8 Å². The molecule has 6 heteroatoms. The maximum atomic E-state index is 14.4. The van der Waals surface area contributed by atoms with Crippen LogP contribution < -0.4 is 0 Å². The van der Waals surface area contributed by atoms with Crippen LogP contribution in [0.5, 0.6) is 0 Å². The fourth-order valence-electron chi connectivity index (χ4n) is 3.37. The van der Waals surface area contributed by atoms with Gasteiger partial charge >= 0.3 is 5.92 Å². The van der Waals surface area contributed by atoms with E-state index >= 15 is 0 Å². The van der Waals surface area contributed by atoms with E-state index in [0.717, 1.165) is 32.1 Å². The minimum Gasteiger partial charge on any atom is -0.371 e. The first-order chi connectivity index (χ1) is 10.5. The summed E-state index contributed by atoms with van der Waals surface area (Å²) < 4.78 is 34.6. The molecular formula is C16H20F2N2O2. The summed E-state index contributed by atoms with van der Waals surface area (Å²) in [5.74, 6) is -4.76. The molecule has 1 aromatic rings. The van der Waals surface area contributed by atoms with Crippen LogP contribution in [0.4, 0.5) is 8.78 Å². The van der Waals surface area contributed by atoms with Crippen LogP contribution in [-0.4, -0.2) is 41.1 Å². The van der Waals surface area contributed by atoms with E-state index in [2.05, 4.69) is 4.98 Å². The summed E-state index contributed by atoms with van der Waals surface area (Å²) in [7, 11) is 0. The molecular weight excluding hydrogens is 290 g/mol. The maximum absolute atomic E-state index is 14.4. The lowest BCUT2D eigenvalue weighted by molar-refractivity contribution is -0.178. The van der Waals surface area contributed by atoms with Crippen LogP contribution in [0, 0.1) is 0 Å². The molecule has 4 nitrogen and oxygen atoms in total. The molecule has 1 saturated carbocycles. The first-order valence-electron chi connectivity index (χ1n) is 7.76. The number of hydrogen-bond acceptors (Lipinski definition) is 3. The van der Waals surface area contributed by atoms with Gasteiger partial charge in [0.25, 0.3) is 5.91 Å². The van der Waals surface area contributed by atoms with E-state index in [0.29, 0.717) is 6.61 Å². The van der Waals surface area contributed by atoms with Crippen molar-refractivity contribution in [1.29, 1.82) is 0 Å². The van der Waals surface area contributed by atoms with Gasteiger partial charge in [-0.2, -0.15) is 8.78 Å². The van der Waals surface area contributed by atoms with E-state index in [1.807, 2.05) is 0 Å². The van der Waals surface area contributed by atoms with E-state index in [1.54, 1.807) is 6.07 Å². The average Bonchev–Trinajstić information content (AvgIpc) is 2.55. The predicted octanol–water partition coefficient (Wildman–Crippen LogP) is 2.74. The van der Waals surface area contributed by atoms with Crippen molar-refractivity contribution >= 4 is 5.91 Å². The molecule has 1 spiro atoms. The van der Waals surface area contributed by atoms with Crippen LogP contribution in [-0.2, 0) is 15.5 Å². The Balaban J connectivity index is 1.76. The smallest absolute Gasteiger partial charge is 0.366 e. The number of alkyl halides is 2. The van der Waals surface area contributed by atoms with Gasteiger partial charge < -0.3 is 9.64 Å². The monoisotopic (exact) mass is 310 g/mol. The number of morpholine rings is 1. The summed E-state index contributed by atoms with van der Waals surface area (Å²) in [4.78, 5) is 17.2. The standard InChI is InChI=1S/C16H20F2N2O2/c17-16(18,13-6-2-5-9-19-13)14(21)20-10-11-22-15(12-20)7-3-1-4-8-15/h2,5-6,9H,1,3-4,7-8,10-12H2. The number of pyridine rings is 1. The molecule has 0 bridgehead atoms. The minimum atomic E-state index is -3.59. The molecule has 120 valence electrons. The average molecular weight is 310 g/mol. The molecule has 1 amide bonds. The molecule has 0 radical (unpaired) electrons. The van der Waals surface area contributed by atoms with Gasteiger partial charge in [-0.3, -0.25) is 9.78 Å². The van der Waals surface area contributed by atoms with Crippen LogP contribution in [0.25, 0.3) is 0 Å². The summed E-state index contributed by atoms with van der Waals surface area (Å²) in [6.45, 7) is 0.793. The molecule has 2 fully saturated rings. The topological polar surface area (TPSA) is 42.4 Å². The van der Waals surface area contributed by atoms with Crippen molar-refractivity contribution in [2.75, 3.05) is 19.7 Å². The Kier molecular flexibility index (Phi) is 4.12. The van der Waals surface area contributed by atoms with Gasteiger partial charge in [0.1, 0.15) is 5.69 Å². The van der Waals surface area contributed by atoms with Gasteiger partial charge in [-0.25, -0.2) is 0 Å². The van der Waals surface area contributed by atoms with Crippen molar-refractivity contribution < 1.29 is 18.3 Å². The largest absolute Gasteiger partial charge is 0.371 e. The van der Waals surface area contributed by atoms with E-state index in [4.69, 9.17) is 4.74 Å². The van der Waals surface area contributed by atoms with E-state index in [9.17, 15) is 13.6 Å². The Labute approximate surface area is 128 Å². The molecule has 2 heterocycles. The molecule has 1 aromatic heterocycles. The van der Waals surface area contributed by atoms with Crippen LogP contribution >= 0.6 is 0 Å². The van der Waals surface area contributed by atoms with Crippen molar-refractivity contribution in [3.63, 3.8) is 0 Å². The van der Waals surface area contributed by atoms with Gasteiger partial charge in [0, 0.05) is 19.3 Å². The number of carbonyl (C=O) groups is 1. The Morgan fingerprint density at radius 1 is 1.27 bits per heavy atom. The van der Waals surface area contributed by atoms with Gasteiger partial charge in [-0.15, -0.1) is 0 Å². The lowest BCUT2D eigenvalue weighted by Gasteiger charge is -2.45. The molecule has 0 unspecified atom stereocenters. The number of rotatable bonds is 2. The molecule has 1 aliphatic heterocycles. The van der Waals surface area contributed by atoms with Gasteiger partial charge in [-0.05, 0) is 25.0 Å². The van der Waals surface area contributed by atoms with Crippen LogP contribution in [0.15, 0.2) is 24.4 Å². The Bertz CT molecular complexity index is 525. The number of hydrogen-bond donors (Lipinski definition) is 0. The molecule has 2 aliphatic rings. The number of nitrogens with zero attached hydrogens (tertiary/aromatic N) is 2. The number of aromatic nitrogens is 1. The second-order valence-corrected chi connectivity index (χ2v) is 6.11. The molecule has 22 heavy (non-hydrogen) atoms. The first-order valence-corrected chi connectivity index (χ1v) is 7.76. The SMILES string of the molecule is O=C(N1CCOC2(CCCCC2)C1)C(F)(F)c1ccccn1. The van der Waals surface area contributed by atoms with Gasteiger partial charge in [0.05, 0.1) is 12.2 Å². The zero-order valence-electron chi connectivity index (χ0n) is 12.4. The number of halogens is 2. The molecule has 3 rings (SSSR count). The highest BCUT2D eigenvalue weighted by Gasteiger charge is 2.48. The fraction of sp³-hybridized carbons (Fsp3) is 0.625. The number of ether oxygens (including phenoxy) is 1. The molecule has 0 atom stereocenters. The zero-order chi connectivity index (χ0) is 15.6. The van der Waals surface area contributed by atoms with Crippen molar-refractivity contribution in [3.05, 3.63) is 30.1 Å². The fourth-order valence-corrected chi connectivity index (χ4v) is 3.37. The number of amides is 1. The van der Waals surface area contributed by atoms with Gasteiger partial charge in [0.2, 0.25) is 0 Å². The highest BCUT2D eigenvalue weighted by atomic mass is 19.3. The van der Waals surface area contributed by atoms with Crippen molar-refractivity contribution in [1.82, 2.24) is 9.88 Å². The number of carbonyl (C=O) groups excluding carboxylic acids is 1. The van der Waals surface area contributed by atoms with Gasteiger partial charge in [0.15, 0.2) is 0 Å². The minimum absolute atomic E-state index is 0.211. The summed E-state index contributed by atoms with van der Waals surface area (Å²) in [5.41, 5.74) is -0.920. The summed E-state index contributed by atoms with van der Waals surface area (Å²) in [5, 5.41) is 0. The molecule has 0 N–H and O–H groups in total. The molecule has 1 aliphatic carbocycles.